The minimum atomic E-state index is -0.436. The van der Waals surface area contributed by atoms with Gasteiger partial charge >= 0.3 is 5.97 Å². The lowest BCUT2D eigenvalue weighted by Crippen LogP contribution is -2.35. The molecule has 0 atom stereocenters. The summed E-state index contributed by atoms with van der Waals surface area (Å²) in [6.07, 6.45) is 3.88. The van der Waals surface area contributed by atoms with Gasteiger partial charge in [0.25, 0.3) is 0 Å². The number of nitrogens with two attached hydrogens (primary N) is 1. The number of nitrogens with one attached hydrogen (secondary N) is 1. The number of nitrogen functional groups attached to an aromatic ring is 1. The number of aromatic nitrogens is 1. The summed E-state index contributed by atoms with van der Waals surface area (Å²) in [5.74, 6) is 0.880. The van der Waals surface area contributed by atoms with Crippen molar-refractivity contribution in [3.05, 3.63) is 17.8 Å². The first-order chi connectivity index (χ1) is 10.1. The Kier molecular flexibility index (Phi) is 5.38. The highest BCUT2D eigenvalue weighted by molar-refractivity contribution is 5.95. The summed E-state index contributed by atoms with van der Waals surface area (Å²) < 4.78 is 4.71. The standard InChI is InChI=1S/C15H24N4O2/c1-3-19-6-4-11(5-7-19)9-17-14-8-12(15(20)21-2)13(16)10-18-14/h8,10-11H,3-7,9,16H2,1-2H3,(H,17,18). The molecule has 1 aromatic rings. The Balaban J connectivity index is 1.90. The maximum atomic E-state index is 11.6. The molecule has 2 heterocycles. The molecule has 0 aliphatic carbocycles. The van der Waals surface area contributed by atoms with E-state index in [1.807, 2.05) is 0 Å². The van der Waals surface area contributed by atoms with Crippen LogP contribution >= 0.6 is 0 Å². The number of pyridine rings is 1. The maximum Gasteiger partial charge on any atom is 0.340 e. The fraction of sp³-hybridized carbons (Fsp3) is 0.600. The molecular weight excluding hydrogens is 268 g/mol. The van der Waals surface area contributed by atoms with E-state index in [0.717, 1.165) is 26.2 Å². The molecule has 0 aromatic carbocycles. The van der Waals surface area contributed by atoms with Gasteiger partial charge in [0.05, 0.1) is 24.6 Å². The van der Waals surface area contributed by atoms with Gasteiger partial charge in [0.15, 0.2) is 0 Å². The van der Waals surface area contributed by atoms with E-state index in [4.69, 9.17) is 10.5 Å². The molecule has 1 aliphatic heterocycles. The topological polar surface area (TPSA) is 80.5 Å². The van der Waals surface area contributed by atoms with E-state index in [-0.39, 0.29) is 0 Å². The van der Waals surface area contributed by atoms with Crippen LogP contribution in [-0.4, -0.2) is 49.1 Å². The molecule has 0 radical (unpaired) electrons. The number of hydrogen-bond donors (Lipinski definition) is 2. The lowest BCUT2D eigenvalue weighted by Gasteiger charge is -2.31. The number of hydrogen-bond acceptors (Lipinski definition) is 6. The highest BCUT2D eigenvalue weighted by Gasteiger charge is 2.18. The average molecular weight is 292 g/mol. The Morgan fingerprint density at radius 3 is 2.86 bits per heavy atom. The minimum Gasteiger partial charge on any atom is -0.465 e. The van der Waals surface area contributed by atoms with Crippen LogP contribution in [0.5, 0.6) is 0 Å². The van der Waals surface area contributed by atoms with Gasteiger partial charge in [0.1, 0.15) is 5.82 Å². The van der Waals surface area contributed by atoms with Crippen LogP contribution in [0.4, 0.5) is 11.5 Å². The van der Waals surface area contributed by atoms with E-state index >= 15 is 0 Å². The third-order valence-electron chi connectivity index (χ3n) is 4.07. The number of likely N-dealkylation sites (tertiary alicyclic amines) is 1. The fourth-order valence-corrected chi connectivity index (χ4v) is 2.61. The van der Waals surface area contributed by atoms with E-state index in [2.05, 4.69) is 22.1 Å². The van der Waals surface area contributed by atoms with E-state index in [9.17, 15) is 4.79 Å². The molecule has 116 valence electrons. The summed E-state index contributed by atoms with van der Waals surface area (Å²) in [4.78, 5) is 18.3. The Bertz CT molecular complexity index is 485. The number of nitrogens with zero attached hydrogens (tertiary/aromatic N) is 2. The van der Waals surface area contributed by atoms with Gasteiger partial charge < -0.3 is 20.7 Å². The normalized spacial score (nSPS) is 16.7. The Hall–Kier alpha value is -1.82. The molecule has 0 amide bonds. The number of esters is 1. The first kappa shape index (κ1) is 15.6. The van der Waals surface area contributed by atoms with Crippen molar-refractivity contribution in [3.63, 3.8) is 0 Å². The number of methoxy groups -OCH3 is 1. The molecule has 3 N–H and O–H groups in total. The smallest absolute Gasteiger partial charge is 0.340 e. The number of ether oxygens (including phenoxy) is 1. The summed E-state index contributed by atoms with van der Waals surface area (Å²) in [5.41, 5.74) is 6.43. The highest BCUT2D eigenvalue weighted by atomic mass is 16.5. The molecule has 1 aliphatic rings. The maximum absolute atomic E-state index is 11.6. The van der Waals surface area contributed by atoms with Crippen LogP contribution in [0.25, 0.3) is 0 Å². The molecule has 0 spiro atoms. The van der Waals surface area contributed by atoms with Crippen molar-refractivity contribution < 1.29 is 9.53 Å². The Morgan fingerprint density at radius 2 is 2.24 bits per heavy atom. The predicted molar refractivity (Wildman–Crippen MR) is 83.3 cm³/mol. The molecule has 0 saturated carbocycles. The van der Waals surface area contributed by atoms with Crippen LogP contribution in [0.15, 0.2) is 12.3 Å². The van der Waals surface area contributed by atoms with Gasteiger partial charge in [0, 0.05) is 6.54 Å². The molecule has 0 unspecified atom stereocenters. The zero-order chi connectivity index (χ0) is 15.2. The van der Waals surface area contributed by atoms with Crippen molar-refractivity contribution in [2.75, 3.05) is 44.3 Å². The first-order valence-electron chi connectivity index (χ1n) is 7.44. The van der Waals surface area contributed by atoms with Crippen LogP contribution < -0.4 is 11.1 Å². The largest absolute Gasteiger partial charge is 0.465 e. The van der Waals surface area contributed by atoms with E-state index in [1.165, 1.54) is 26.1 Å². The Morgan fingerprint density at radius 1 is 1.52 bits per heavy atom. The molecule has 1 aromatic heterocycles. The van der Waals surface area contributed by atoms with Crippen LogP contribution in [-0.2, 0) is 4.74 Å². The third-order valence-corrected chi connectivity index (χ3v) is 4.07. The summed E-state index contributed by atoms with van der Waals surface area (Å²) >= 11 is 0. The molecule has 0 bridgehead atoms. The highest BCUT2D eigenvalue weighted by Crippen LogP contribution is 2.19. The van der Waals surface area contributed by atoms with Gasteiger partial charge in [0.2, 0.25) is 0 Å². The lowest BCUT2D eigenvalue weighted by atomic mass is 9.97. The molecule has 6 heteroatoms. The number of carbonyl (C=O) groups excluding carboxylic acids is 1. The van der Waals surface area contributed by atoms with E-state index in [0.29, 0.717) is 23.0 Å². The van der Waals surface area contributed by atoms with Gasteiger partial charge in [-0.2, -0.15) is 0 Å². The number of piperidine rings is 1. The summed E-state index contributed by atoms with van der Waals surface area (Å²) in [7, 11) is 1.34. The number of carbonyl (C=O) groups is 1. The van der Waals surface area contributed by atoms with E-state index < -0.39 is 5.97 Å². The summed E-state index contributed by atoms with van der Waals surface area (Å²) in [6, 6.07) is 1.66. The zero-order valence-corrected chi connectivity index (χ0v) is 12.8. The fourth-order valence-electron chi connectivity index (χ4n) is 2.61. The second kappa shape index (κ2) is 7.26. The second-order valence-corrected chi connectivity index (χ2v) is 5.41. The van der Waals surface area contributed by atoms with Crippen molar-refractivity contribution in [1.29, 1.82) is 0 Å². The molecule has 1 saturated heterocycles. The minimum absolute atomic E-state index is 0.337. The second-order valence-electron chi connectivity index (χ2n) is 5.41. The van der Waals surface area contributed by atoms with Crippen molar-refractivity contribution in [2.45, 2.75) is 19.8 Å². The first-order valence-corrected chi connectivity index (χ1v) is 7.44. The number of rotatable bonds is 5. The van der Waals surface area contributed by atoms with Gasteiger partial charge in [-0.3, -0.25) is 0 Å². The van der Waals surface area contributed by atoms with E-state index in [1.54, 1.807) is 6.07 Å². The molecule has 6 nitrogen and oxygen atoms in total. The third kappa shape index (κ3) is 4.07. The lowest BCUT2D eigenvalue weighted by molar-refractivity contribution is 0.0602. The van der Waals surface area contributed by atoms with Crippen molar-refractivity contribution in [3.8, 4) is 0 Å². The van der Waals surface area contributed by atoms with Crippen LogP contribution in [0.2, 0.25) is 0 Å². The van der Waals surface area contributed by atoms with Gasteiger partial charge in [-0.1, -0.05) is 6.92 Å². The van der Waals surface area contributed by atoms with Crippen molar-refractivity contribution in [2.24, 2.45) is 5.92 Å². The van der Waals surface area contributed by atoms with Gasteiger partial charge in [-0.25, -0.2) is 9.78 Å². The zero-order valence-electron chi connectivity index (χ0n) is 12.8. The van der Waals surface area contributed by atoms with Crippen LogP contribution in [0.3, 0.4) is 0 Å². The van der Waals surface area contributed by atoms with Crippen LogP contribution in [0.1, 0.15) is 30.1 Å². The SMILES string of the molecule is CCN1CCC(CNc2cc(C(=O)OC)c(N)cn2)CC1. The summed E-state index contributed by atoms with van der Waals surface area (Å²) in [6.45, 7) is 6.51. The van der Waals surface area contributed by atoms with Crippen molar-refractivity contribution >= 4 is 17.5 Å². The average Bonchev–Trinajstić information content (AvgIpc) is 2.53. The van der Waals surface area contributed by atoms with Crippen LogP contribution in [0, 0.1) is 5.92 Å². The number of anilines is 2. The quantitative estimate of drug-likeness (QED) is 0.802. The molecule has 1 fully saturated rings. The molecule has 21 heavy (non-hydrogen) atoms. The monoisotopic (exact) mass is 292 g/mol. The molecule has 2 rings (SSSR count). The summed E-state index contributed by atoms with van der Waals surface area (Å²) in [5, 5.41) is 3.30. The predicted octanol–water partition coefficient (Wildman–Crippen LogP) is 1.59. The van der Waals surface area contributed by atoms with Gasteiger partial charge in [-0.15, -0.1) is 0 Å². The van der Waals surface area contributed by atoms with Crippen molar-refractivity contribution in [1.82, 2.24) is 9.88 Å². The molecular formula is C15H24N4O2. The van der Waals surface area contributed by atoms with Gasteiger partial charge in [-0.05, 0) is 44.5 Å². The Labute approximate surface area is 125 Å².